The average Bonchev–Trinajstić information content (AvgIpc) is 2.64. The summed E-state index contributed by atoms with van der Waals surface area (Å²) in [5, 5.41) is 0. The largest absolute Gasteiger partial charge is 0.293 e. The highest BCUT2D eigenvalue weighted by Crippen LogP contribution is 2.22. The van der Waals surface area contributed by atoms with Crippen molar-refractivity contribution < 1.29 is 4.79 Å². The van der Waals surface area contributed by atoms with Crippen LogP contribution in [0.25, 0.3) is 5.65 Å². The second-order valence-corrected chi connectivity index (χ2v) is 3.67. The van der Waals surface area contributed by atoms with Gasteiger partial charge in [-0.05, 0) is 25.5 Å². The summed E-state index contributed by atoms with van der Waals surface area (Å²) in [5.74, 6) is 0.223. The number of rotatable bonds is 0. The van der Waals surface area contributed by atoms with E-state index in [0.29, 0.717) is 6.42 Å². The van der Waals surface area contributed by atoms with Gasteiger partial charge in [0.25, 0.3) is 0 Å². The molecule has 0 fully saturated rings. The van der Waals surface area contributed by atoms with Crippen molar-refractivity contribution in [3.8, 4) is 0 Å². The number of hydrogen-bond donors (Lipinski definition) is 0. The van der Waals surface area contributed by atoms with E-state index in [1.807, 2.05) is 43.4 Å². The Morgan fingerprint density at radius 2 is 2.00 bits per heavy atom. The third-order valence-electron chi connectivity index (χ3n) is 2.81. The van der Waals surface area contributed by atoms with Crippen LogP contribution in [-0.4, -0.2) is 15.2 Å². The highest BCUT2D eigenvalue weighted by atomic mass is 16.1. The fourth-order valence-corrected chi connectivity index (χ4v) is 2.14. The summed E-state index contributed by atoms with van der Waals surface area (Å²) in [6.07, 6.45) is 1.44. The molecule has 3 nitrogen and oxygen atoms in total. The molecule has 0 unspecified atom stereocenters. The van der Waals surface area contributed by atoms with Crippen LogP contribution in [0.1, 0.15) is 42.1 Å². The molecular weight excluding hydrogens is 200 g/mol. The van der Waals surface area contributed by atoms with E-state index in [4.69, 9.17) is 0 Å². The Kier molecular flexibility index (Phi) is 2.77. The number of aryl methyl sites for hydroxylation is 2. The Labute approximate surface area is 95.1 Å². The zero-order chi connectivity index (χ0) is 11.7. The van der Waals surface area contributed by atoms with Gasteiger partial charge in [0, 0.05) is 12.1 Å². The summed E-state index contributed by atoms with van der Waals surface area (Å²) < 4.78 is 1.99. The summed E-state index contributed by atoms with van der Waals surface area (Å²) in [6, 6.07) is 5.71. The first-order valence-corrected chi connectivity index (χ1v) is 5.77. The zero-order valence-corrected chi connectivity index (χ0v) is 9.95. The van der Waals surface area contributed by atoms with Gasteiger partial charge in [-0.15, -0.1) is 0 Å². The molecule has 84 valence electrons. The number of hydrogen-bond acceptors (Lipinski definition) is 2. The van der Waals surface area contributed by atoms with Crippen LogP contribution >= 0.6 is 0 Å². The third-order valence-corrected chi connectivity index (χ3v) is 2.81. The maximum atomic E-state index is 11.6. The number of aromatic nitrogens is 2. The van der Waals surface area contributed by atoms with Gasteiger partial charge in [0.1, 0.15) is 5.65 Å². The van der Waals surface area contributed by atoms with Crippen molar-refractivity contribution in [2.24, 2.45) is 0 Å². The molecule has 1 aliphatic heterocycles. The number of pyridine rings is 1. The third kappa shape index (κ3) is 1.43. The van der Waals surface area contributed by atoms with Crippen molar-refractivity contribution in [2.75, 3.05) is 0 Å². The van der Waals surface area contributed by atoms with E-state index < -0.39 is 0 Å². The topological polar surface area (TPSA) is 34.4 Å². The Morgan fingerprint density at radius 3 is 2.75 bits per heavy atom. The molecule has 2 aromatic heterocycles. The fraction of sp³-hybridized carbons (Fsp3) is 0.385. The van der Waals surface area contributed by atoms with E-state index in [1.165, 1.54) is 5.69 Å². The standard InChI is InChI=1S/C11H10N2O.C2H6/c1-7-8-5-6-10(14)9-3-2-4-11(12-7)13(8)9;1-2/h2-4H,5-6H2,1H3;1-2H3. The second-order valence-electron chi connectivity index (χ2n) is 3.67. The molecule has 0 bridgehead atoms. The van der Waals surface area contributed by atoms with E-state index in [0.717, 1.165) is 23.5 Å². The average molecular weight is 216 g/mol. The number of Topliss-reactive ketones (excluding diaryl/α,β-unsaturated/α-hetero) is 1. The molecule has 0 atom stereocenters. The summed E-state index contributed by atoms with van der Waals surface area (Å²) in [5.41, 5.74) is 3.91. The van der Waals surface area contributed by atoms with Crippen LogP contribution < -0.4 is 0 Å². The van der Waals surface area contributed by atoms with Crippen LogP contribution in [0.3, 0.4) is 0 Å². The van der Waals surface area contributed by atoms with Crippen molar-refractivity contribution in [2.45, 2.75) is 33.6 Å². The van der Waals surface area contributed by atoms with E-state index in [2.05, 4.69) is 4.98 Å². The van der Waals surface area contributed by atoms with Crippen LogP contribution in [0.4, 0.5) is 0 Å². The Balaban J connectivity index is 0.000000457. The van der Waals surface area contributed by atoms with Crippen LogP contribution in [0.5, 0.6) is 0 Å². The first-order valence-electron chi connectivity index (χ1n) is 5.77. The van der Waals surface area contributed by atoms with Crippen LogP contribution in [0, 0.1) is 6.92 Å². The molecule has 3 heterocycles. The number of nitrogens with zero attached hydrogens (tertiary/aromatic N) is 2. The Hall–Kier alpha value is -1.64. The predicted molar refractivity (Wildman–Crippen MR) is 63.9 cm³/mol. The molecule has 0 aliphatic carbocycles. The lowest BCUT2D eigenvalue weighted by atomic mass is 10.0. The molecule has 0 N–H and O–H groups in total. The Bertz CT molecular complexity index is 540. The summed E-state index contributed by atoms with van der Waals surface area (Å²) in [7, 11) is 0. The van der Waals surface area contributed by atoms with E-state index in [-0.39, 0.29) is 5.78 Å². The molecule has 3 rings (SSSR count). The molecule has 3 heteroatoms. The summed E-state index contributed by atoms with van der Waals surface area (Å²) in [6.45, 7) is 6.00. The van der Waals surface area contributed by atoms with E-state index in [9.17, 15) is 4.79 Å². The smallest absolute Gasteiger partial charge is 0.180 e. The SMILES string of the molecule is CC.Cc1nc2cccc3n2c1CCC3=O. The van der Waals surface area contributed by atoms with Crippen molar-refractivity contribution in [1.82, 2.24) is 9.38 Å². The molecule has 0 amide bonds. The van der Waals surface area contributed by atoms with Crippen LogP contribution in [0.15, 0.2) is 18.2 Å². The minimum Gasteiger partial charge on any atom is -0.293 e. The van der Waals surface area contributed by atoms with E-state index >= 15 is 0 Å². The van der Waals surface area contributed by atoms with Gasteiger partial charge in [0.05, 0.1) is 11.4 Å². The molecular formula is C13H16N2O. The summed E-state index contributed by atoms with van der Waals surface area (Å²) >= 11 is 0. The maximum Gasteiger partial charge on any atom is 0.180 e. The molecule has 0 saturated heterocycles. The fourth-order valence-electron chi connectivity index (χ4n) is 2.14. The van der Waals surface area contributed by atoms with Crippen molar-refractivity contribution in [3.63, 3.8) is 0 Å². The Morgan fingerprint density at radius 1 is 1.25 bits per heavy atom. The lowest BCUT2D eigenvalue weighted by Gasteiger charge is -2.13. The highest BCUT2D eigenvalue weighted by Gasteiger charge is 2.21. The first-order chi connectivity index (χ1) is 7.77. The van der Waals surface area contributed by atoms with Crippen molar-refractivity contribution >= 4 is 11.4 Å². The number of ketones is 1. The molecule has 0 radical (unpaired) electrons. The van der Waals surface area contributed by atoms with Crippen molar-refractivity contribution in [1.29, 1.82) is 0 Å². The monoisotopic (exact) mass is 216 g/mol. The second kappa shape index (κ2) is 4.08. The van der Waals surface area contributed by atoms with Gasteiger partial charge in [0.15, 0.2) is 5.78 Å². The molecule has 16 heavy (non-hydrogen) atoms. The molecule has 0 spiro atoms. The predicted octanol–water partition coefficient (Wildman–Crippen LogP) is 2.80. The van der Waals surface area contributed by atoms with Gasteiger partial charge < -0.3 is 0 Å². The maximum absolute atomic E-state index is 11.6. The van der Waals surface area contributed by atoms with Gasteiger partial charge in [-0.3, -0.25) is 9.20 Å². The normalized spacial score (nSPS) is 13.6. The number of carbonyl (C=O) groups excluding carboxylic acids is 1. The van der Waals surface area contributed by atoms with E-state index in [1.54, 1.807) is 0 Å². The van der Waals surface area contributed by atoms with Crippen LogP contribution in [0.2, 0.25) is 0 Å². The minimum absolute atomic E-state index is 0.223. The lowest BCUT2D eigenvalue weighted by molar-refractivity contribution is 0.0969. The zero-order valence-electron chi connectivity index (χ0n) is 9.95. The number of carbonyl (C=O) groups is 1. The van der Waals surface area contributed by atoms with Gasteiger partial charge in [-0.25, -0.2) is 4.98 Å². The van der Waals surface area contributed by atoms with Gasteiger partial charge in [0.2, 0.25) is 0 Å². The van der Waals surface area contributed by atoms with Gasteiger partial charge in [-0.2, -0.15) is 0 Å². The lowest BCUT2D eigenvalue weighted by Crippen LogP contribution is -2.15. The molecule has 1 aliphatic rings. The highest BCUT2D eigenvalue weighted by molar-refractivity contribution is 5.96. The minimum atomic E-state index is 0.223. The first kappa shape index (κ1) is 10.9. The molecule has 0 saturated carbocycles. The van der Waals surface area contributed by atoms with Gasteiger partial charge in [-0.1, -0.05) is 19.9 Å². The summed E-state index contributed by atoms with van der Waals surface area (Å²) in [4.78, 5) is 16.1. The van der Waals surface area contributed by atoms with Crippen LogP contribution in [-0.2, 0) is 6.42 Å². The molecule has 2 aromatic rings. The molecule has 0 aromatic carbocycles. The quantitative estimate of drug-likeness (QED) is 0.678. The van der Waals surface area contributed by atoms with Crippen molar-refractivity contribution in [3.05, 3.63) is 35.3 Å². The number of imidazole rings is 1. The van der Waals surface area contributed by atoms with Gasteiger partial charge >= 0.3 is 0 Å².